The van der Waals surface area contributed by atoms with Gasteiger partial charge in [0.25, 0.3) is 5.91 Å². The van der Waals surface area contributed by atoms with Crippen LogP contribution in [0.2, 0.25) is 5.02 Å². The quantitative estimate of drug-likeness (QED) is 0.745. The van der Waals surface area contributed by atoms with Gasteiger partial charge < -0.3 is 14.9 Å². The summed E-state index contributed by atoms with van der Waals surface area (Å²) in [5.41, 5.74) is 0.650. The van der Waals surface area contributed by atoms with Crippen LogP contribution in [0.3, 0.4) is 0 Å². The Morgan fingerprint density at radius 2 is 1.71 bits per heavy atom. The molecule has 0 spiro atoms. The number of piperazine rings is 1. The van der Waals surface area contributed by atoms with E-state index in [9.17, 15) is 9.90 Å². The van der Waals surface area contributed by atoms with Gasteiger partial charge in [0.05, 0.1) is 16.6 Å². The number of aromatic nitrogens is 2. The monoisotopic (exact) mass is 465 g/mol. The number of hydrogen-bond acceptors (Lipinski definition) is 6. The maximum absolute atomic E-state index is 12.7. The van der Waals surface area contributed by atoms with E-state index >= 15 is 0 Å². The number of β-amino-alcohol motifs (C(OH)–C–C–N with tert-alkyl or cyclic N) is 1. The van der Waals surface area contributed by atoms with Gasteiger partial charge in [-0.1, -0.05) is 11.6 Å². The molecule has 2 atom stereocenters. The van der Waals surface area contributed by atoms with Crippen LogP contribution in [0.4, 0.5) is 5.95 Å². The van der Waals surface area contributed by atoms with Gasteiger partial charge in [-0.05, 0) is 40.2 Å². The smallest absolute Gasteiger partial charge is 0.253 e. The molecule has 4 rings (SSSR count). The lowest BCUT2D eigenvalue weighted by atomic mass is 10.1. The van der Waals surface area contributed by atoms with Gasteiger partial charge >= 0.3 is 0 Å². The van der Waals surface area contributed by atoms with Gasteiger partial charge in [-0.3, -0.25) is 9.69 Å². The summed E-state index contributed by atoms with van der Waals surface area (Å²) in [5, 5.41) is 11.2. The minimum absolute atomic E-state index is 0.0139. The number of halogens is 2. The van der Waals surface area contributed by atoms with Crippen LogP contribution in [0.15, 0.2) is 41.1 Å². The summed E-state index contributed by atoms with van der Waals surface area (Å²) in [6, 6.07) is 7.00. The van der Waals surface area contributed by atoms with Crippen LogP contribution in [-0.2, 0) is 0 Å². The molecule has 1 aromatic heterocycles. The minimum atomic E-state index is -0.467. The molecule has 0 saturated carbocycles. The molecule has 148 valence electrons. The number of aliphatic hydroxyl groups is 1. The van der Waals surface area contributed by atoms with E-state index in [1.54, 1.807) is 36.7 Å². The summed E-state index contributed by atoms with van der Waals surface area (Å²) in [6.07, 6.45) is 2.96. The molecule has 9 heteroatoms. The molecular weight excluding hydrogens is 446 g/mol. The SMILES string of the molecule is O=C(c1ccc(Cl)cc1)N1CCN(C2CN(c3ncc(Br)cn3)CC2O)CC1. The van der Waals surface area contributed by atoms with E-state index in [4.69, 9.17) is 11.6 Å². The van der Waals surface area contributed by atoms with E-state index in [0.29, 0.717) is 42.7 Å². The normalized spacial score (nSPS) is 23.2. The van der Waals surface area contributed by atoms with E-state index in [0.717, 1.165) is 17.6 Å². The van der Waals surface area contributed by atoms with Crippen molar-refractivity contribution < 1.29 is 9.90 Å². The third kappa shape index (κ3) is 4.15. The molecule has 1 N–H and O–H groups in total. The van der Waals surface area contributed by atoms with Gasteiger partial charge in [-0.2, -0.15) is 0 Å². The van der Waals surface area contributed by atoms with Crippen molar-refractivity contribution in [2.45, 2.75) is 12.1 Å². The topological polar surface area (TPSA) is 72.8 Å². The van der Waals surface area contributed by atoms with E-state index in [1.165, 1.54) is 0 Å². The molecule has 1 aromatic carbocycles. The molecule has 28 heavy (non-hydrogen) atoms. The zero-order valence-corrected chi connectivity index (χ0v) is 17.6. The highest BCUT2D eigenvalue weighted by atomic mass is 79.9. The van der Waals surface area contributed by atoms with Gasteiger partial charge in [0, 0.05) is 62.2 Å². The molecule has 2 saturated heterocycles. The Hall–Kier alpha value is -1.74. The third-order valence-electron chi connectivity index (χ3n) is 5.31. The first-order valence-electron chi connectivity index (χ1n) is 9.21. The summed E-state index contributed by atoms with van der Waals surface area (Å²) in [7, 11) is 0. The molecule has 2 aromatic rings. The first-order valence-corrected chi connectivity index (χ1v) is 10.4. The Morgan fingerprint density at radius 3 is 2.36 bits per heavy atom. The van der Waals surface area contributed by atoms with Crippen LogP contribution in [0.1, 0.15) is 10.4 Å². The molecule has 0 aliphatic carbocycles. The molecule has 0 radical (unpaired) electrons. The average molecular weight is 467 g/mol. The Morgan fingerprint density at radius 1 is 1.07 bits per heavy atom. The first-order chi connectivity index (χ1) is 13.5. The lowest BCUT2D eigenvalue weighted by Crippen LogP contribution is -2.54. The van der Waals surface area contributed by atoms with Crippen molar-refractivity contribution in [2.24, 2.45) is 0 Å². The number of carbonyl (C=O) groups is 1. The molecule has 2 aliphatic heterocycles. The minimum Gasteiger partial charge on any atom is -0.390 e. The van der Waals surface area contributed by atoms with Crippen molar-refractivity contribution >= 4 is 39.4 Å². The number of carbonyl (C=O) groups excluding carboxylic acids is 1. The summed E-state index contributed by atoms with van der Waals surface area (Å²) in [4.78, 5) is 27.4. The second-order valence-electron chi connectivity index (χ2n) is 7.08. The highest BCUT2D eigenvalue weighted by Crippen LogP contribution is 2.23. The number of nitrogens with zero attached hydrogens (tertiary/aromatic N) is 5. The fourth-order valence-corrected chi connectivity index (χ4v) is 4.12. The molecule has 0 bridgehead atoms. The largest absolute Gasteiger partial charge is 0.390 e. The zero-order valence-electron chi connectivity index (χ0n) is 15.2. The van der Waals surface area contributed by atoms with Crippen molar-refractivity contribution in [3.63, 3.8) is 0 Å². The summed E-state index contributed by atoms with van der Waals surface area (Å²) in [5.74, 6) is 0.648. The molecule has 3 heterocycles. The molecule has 2 fully saturated rings. The number of anilines is 1. The van der Waals surface area contributed by atoms with Crippen molar-refractivity contribution in [2.75, 3.05) is 44.2 Å². The third-order valence-corrected chi connectivity index (χ3v) is 5.97. The molecular formula is C19H21BrClN5O2. The highest BCUT2D eigenvalue weighted by molar-refractivity contribution is 9.10. The predicted molar refractivity (Wildman–Crippen MR) is 111 cm³/mol. The highest BCUT2D eigenvalue weighted by Gasteiger charge is 2.38. The molecule has 1 amide bonds. The van der Waals surface area contributed by atoms with Crippen LogP contribution in [0, 0.1) is 0 Å². The van der Waals surface area contributed by atoms with E-state index < -0.39 is 6.10 Å². The van der Waals surface area contributed by atoms with Gasteiger partial charge in [-0.25, -0.2) is 9.97 Å². The second-order valence-corrected chi connectivity index (χ2v) is 8.43. The Labute approximate surface area is 177 Å². The van der Waals surface area contributed by atoms with Crippen molar-refractivity contribution in [1.82, 2.24) is 19.8 Å². The van der Waals surface area contributed by atoms with Crippen molar-refractivity contribution in [3.05, 3.63) is 51.7 Å². The van der Waals surface area contributed by atoms with Gasteiger partial charge in [0.15, 0.2) is 0 Å². The zero-order chi connectivity index (χ0) is 19.7. The van der Waals surface area contributed by atoms with Crippen LogP contribution in [0.25, 0.3) is 0 Å². The number of aliphatic hydroxyl groups excluding tert-OH is 1. The average Bonchev–Trinajstić information content (AvgIpc) is 3.10. The van der Waals surface area contributed by atoms with E-state index in [-0.39, 0.29) is 11.9 Å². The van der Waals surface area contributed by atoms with E-state index in [1.807, 2.05) is 9.80 Å². The predicted octanol–water partition coefficient (Wildman–Crippen LogP) is 1.90. The second kappa shape index (κ2) is 8.32. The fourth-order valence-electron chi connectivity index (χ4n) is 3.79. The summed E-state index contributed by atoms with van der Waals surface area (Å²) in [6.45, 7) is 3.93. The maximum atomic E-state index is 12.7. The summed E-state index contributed by atoms with van der Waals surface area (Å²) < 4.78 is 0.828. The number of hydrogen-bond donors (Lipinski definition) is 1. The number of rotatable bonds is 3. The first kappa shape index (κ1) is 19.6. The standard InChI is InChI=1S/C19H21BrClN5O2/c20-14-9-22-19(23-10-14)26-11-16(17(27)12-26)24-5-7-25(8-6-24)18(28)13-1-3-15(21)4-2-13/h1-4,9-10,16-17,27H,5-8,11-12H2. The van der Waals surface area contributed by atoms with Crippen molar-refractivity contribution in [3.8, 4) is 0 Å². The van der Waals surface area contributed by atoms with Gasteiger partial charge in [-0.15, -0.1) is 0 Å². The Bertz CT molecular complexity index is 827. The van der Waals surface area contributed by atoms with Gasteiger partial charge in [0.1, 0.15) is 0 Å². The summed E-state index contributed by atoms with van der Waals surface area (Å²) >= 11 is 9.24. The Kier molecular flexibility index (Phi) is 5.82. The van der Waals surface area contributed by atoms with Gasteiger partial charge in [0.2, 0.25) is 5.95 Å². The number of benzene rings is 1. The van der Waals surface area contributed by atoms with Crippen molar-refractivity contribution in [1.29, 1.82) is 0 Å². The maximum Gasteiger partial charge on any atom is 0.253 e. The molecule has 7 nitrogen and oxygen atoms in total. The lowest BCUT2D eigenvalue weighted by molar-refractivity contribution is 0.0376. The fraction of sp³-hybridized carbons (Fsp3) is 0.421. The van der Waals surface area contributed by atoms with Crippen LogP contribution < -0.4 is 4.90 Å². The molecule has 2 unspecified atom stereocenters. The van der Waals surface area contributed by atoms with E-state index in [2.05, 4.69) is 30.8 Å². The lowest BCUT2D eigenvalue weighted by Gasteiger charge is -2.38. The van der Waals surface area contributed by atoms with Crippen LogP contribution in [-0.4, -0.2) is 82.2 Å². The van der Waals surface area contributed by atoms with Crippen LogP contribution >= 0.6 is 27.5 Å². The molecule has 2 aliphatic rings. The number of amides is 1. The van der Waals surface area contributed by atoms with Crippen LogP contribution in [0.5, 0.6) is 0 Å². The Balaban J connectivity index is 1.35.